The highest BCUT2D eigenvalue weighted by atomic mass is 19.1. The molecule has 0 bridgehead atoms. The molecule has 3 aromatic rings. The lowest BCUT2D eigenvalue weighted by Gasteiger charge is -2.37. The fourth-order valence-corrected chi connectivity index (χ4v) is 5.65. The van der Waals surface area contributed by atoms with E-state index in [-0.39, 0.29) is 6.67 Å². The van der Waals surface area contributed by atoms with Gasteiger partial charge in [-0.1, -0.05) is 118 Å². The quantitative estimate of drug-likeness (QED) is 0.345. The van der Waals surface area contributed by atoms with Crippen molar-refractivity contribution in [2.24, 2.45) is 11.8 Å². The predicted molar refractivity (Wildman–Crippen MR) is 131 cm³/mol. The monoisotopic (exact) mass is 414 g/mol. The molecule has 0 aromatic heterocycles. The van der Waals surface area contributed by atoms with E-state index in [1.54, 1.807) is 0 Å². The van der Waals surface area contributed by atoms with Gasteiger partial charge in [-0.25, -0.2) is 0 Å². The number of alkyl halides is 1. The zero-order valence-corrected chi connectivity index (χ0v) is 18.8. The summed E-state index contributed by atoms with van der Waals surface area (Å²) in [6.45, 7) is 2.07. The van der Waals surface area contributed by atoms with Crippen LogP contribution in [-0.4, -0.2) is 6.67 Å². The largest absolute Gasteiger partial charge is 0.251 e. The molecule has 1 heteroatoms. The number of rotatable bonds is 8. The number of hydrogen-bond acceptors (Lipinski definition) is 0. The normalized spacial score (nSPS) is 19.8. The first-order valence-corrected chi connectivity index (χ1v) is 12.1. The fraction of sp³-hybridized carbons (Fsp3) is 0.400. The molecule has 4 rings (SSSR count). The van der Waals surface area contributed by atoms with Gasteiger partial charge >= 0.3 is 0 Å². The van der Waals surface area contributed by atoms with Crippen LogP contribution in [0.1, 0.15) is 63.4 Å². The first kappa shape index (κ1) is 21.8. The van der Waals surface area contributed by atoms with Crippen LogP contribution in [0.3, 0.4) is 0 Å². The van der Waals surface area contributed by atoms with Crippen LogP contribution < -0.4 is 0 Å². The van der Waals surface area contributed by atoms with Crippen LogP contribution in [0.5, 0.6) is 0 Å². The molecule has 1 fully saturated rings. The Morgan fingerprint density at radius 2 is 1.29 bits per heavy atom. The molecular weight excluding hydrogens is 379 g/mol. The molecule has 0 heterocycles. The molecular formula is C30H35F. The van der Waals surface area contributed by atoms with E-state index in [9.17, 15) is 4.39 Å². The summed E-state index contributed by atoms with van der Waals surface area (Å²) in [4.78, 5) is 0. The molecule has 0 saturated heterocycles. The van der Waals surface area contributed by atoms with Crippen molar-refractivity contribution in [3.05, 3.63) is 84.4 Å². The van der Waals surface area contributed by atoms with Crippen LogP contribution in [-0.2, 0) is 0 Å². The summed E-state index contributed by atoms with van der Waals surface area (Å²) >= 11 is 0. The smallest absolute Gasteiger partial charge is 0.0900 e. The number of halogens is 1. The maximum absolute atomic E-state index is 13.5. The van der Waals surface area contributed by atoms with E-state index in [1.165, 1.54) is 66.3 Å². The lowest BCUT2D eigenvalue weighted by atomic mass is 9.68. The number of hydrogen-bond donors (Lipinski definition) is 0. The molecule has 0 spiro atoms. The van der Waals surface area contributed by atoms with Gasteiger partial charge in [-0.15, -0.1) is 0 Å². The lowest BCUT2D eigenvalue weighted by Crippen LogP contribution is -2.26. The summed E-state index contributed by atoms with van der Waals surface area (Å²) in [6.07, 6.45) is 8.43. The van der Waals surface area contributed by atoms with E-state index in [2.05, 4.69) is 79.7 Å². The Kier molecular flexibility index (Phi) is 7.57. The number of benzene rings is 3. The van der Waals surface area contributed by atoms with Gasteiger partial charge in [-0.3, -0.25) is 4.39 Å². The van der Waals surface area contributed by atoms with Crippen LogP contribution in [0.25, 0.3) is 22.3 Å². The van der Waals surface area contributed by atoms with Gasteiger partial charge in [-0.2, -0.15) is 0 Å². The molecule has 0 N–H and O–H groups in total. The second-order valence-electron chi connectivity index (χ2n) is 9.15. The van der Waals surface area contributed by atoms with E-state index in [0.29, 0.717) is 18.3 Å². The maximum atomic E-state index is 13.5. The third kappa shape index (κ3) is 5.26. The Labute approximate surface area is 187 Å². The van der Waals surface area contributed by atoms with Gasteiger partial charge in [0.25, 0.3) is 0 Å². The van der Waals surface area contributed by atoms with Crippen molar-refractivity contribution in [3.8, 4) is 22.3 Å². The highest BCUT2D eigenvalue weighted by Gasteiger charge is 2.31. The summed E-state index contributed by atoms with van der Waals surface area (Å²) in [5, 5.41) is 0. The van der Waals surface area contributed by atoms with Crippen LogP contribution >= 0.6 is 0 Å². The Hall–Kier alpha value is -2.41. The van der Waals surface area contributed by atoms with Gasteiger partial charge in [-0.05, 0) is 58.4 Å². The lowest BCUT2D eigenvalue weighted by molar-refractivity contribution is 0.177. The SMILES string of the molecule is CCCC1CCCCC1C(CCF)c1ccc(-c2ccc(-c3ccccc3)cc2)cc1. The first-order valence-electron chi connectivity index (χ1n) is 12.1. The van der Waals surface area contributed by atoms with Crippen molar-refractivity contribution in [3.63, 3.8) is 0 Å². The van der Waals surface area contributed by atoms with Crippen molar-refractivity contribution in [2.75, 3.05) is 6.67 Å². The zero-order chi connectivity index (χ0) is 21.5. The molecule has 0 nitrogen and oxygen atoms in total. The van der Waals surface area contributed by atoms with Crippen molar-refractivity contribution in [2.45, 2.75) is 57.8 Å². The standard InChI is InChI=1S/C30H35F/c1-2-8-27-11-6-7-12-29(27)30(21-22-31)28-19-17-26(18-20-28)25-15-13-24(14-16-25)23-9-4-3-5-10-23/h3-5,9-10,13-20,27,29-30H,2,6-8,11-12,21-22H2,1H3. The second-order valence-corrected chi connectivity index (χ2v) is 9.15. The Bertz CT molecular complexity index is 909. The minimum Gasteiger partial charge on any atom is -0.251 e. The Morgan fingerprint density at radius 3 is 1.87 bits per heavy atom. The van der Waals surface area contributed by atoms with Crippen LogP contribution in [0.2, 0.25) is 0 Å². The molecule has 1 aliphatic carbocycles. The van der Waals surface area contributed by atoms with Crippen molar-refractivity contribution < 1.29 is 4.39 Å². The van der Waals surface area contributed by atoms with Crippen molar-refractivity contribution >= 4 is 0 Å². The van der Waals surface area contributed by atoms with Crippen LogP contribution in [0.4, 0.5) is 4.39 Å². The van der Waals surface area contributed by atoms with Gasteiger partial charge in [0.05, 0.1) is 6.67 Å². The molecule has 3 unspecified atom stereocenters. The Morgan fingerprint density at radius 1 is 0.742 bits per heavy atom. The summed E-state index contributed by atoms with van der Waals surface area (Å²) < 4.78 is 13.5. The minimum atomic E-state index is -0.220. The summed E-state index contributed by atoms with van der Waals surface area (Å²) in [5.74, 6) is 1.76. The maximum Gasteiger partial charge on any atom is 0.0900 e. The highest BCUT2D eigenvalue weighted by Crippen LogP contribution is 2.44. The molecule has 1 aliphatic rings. The molecule has 162 valence electrons. The van der Waals surface area contributed by atoms with E-state index in [0.717, 1.165) is 5.92 Å². The molecule has 1 saturated carbocycles. The second kappa shape index (κ2) is 10.8. The van der Waals surface area contributed by atoms with Gasteiger partial charge < -0.3 is 0 Å². The molecule has 0 amide bonds. The van der Waals surface area contributed by atoms with Gasteiger partial charge in [0.15, 0.2) is 0 Å². The topological polar surface area (TPSA) is 0 Å². The van der Waals surface area contributed by atoms with E-state index >= 15 is 0 Å². The third-order valence-corrected chi connectivity index (χ3v) is 7.23. The third-order valence-electron chi connectivity index (χ3n) is 7.23. The molecule has 3 aromatic carbocycles. The molecule has 0 aliphatic heterocycles. The van der Waals surface area contributed by atoms with Gasteiger partial charge in [0.1, 0.15) is 0 Å². The fourth-order valence-electron chi connectivity index (χ4n) is 5.65. The van der Waals surface area contributed by atoms with E-state index in [1.807, 2.05) is 6.07 Å². The summed E-state index contributed by atoms with van der Waals surface area (Å²) in [6, 6.07) is 28.3. The zero-order valence-electron chi connectivity index (χ0n) is 18.8. The molecule has 3 atom stereocenters. The van der Waals surface area contributed by atoms with Crippen molar-refractivity contribution in [1.29, 1.82) is 0 Å². The minimum absolute atomic E-state index is 0.220. The van der Waals surface area contributed by atoms with Crippen molar-refractivity contribution in [1.82, 2.24) is 0 Å². The summed E-state index contributed by atoms with van der Waals surface area (Å²) in [5.41, 5.74) is 6.28. The van der Waals surface area contributed by atoms with Crippen LogP contribution in [0.15, 0.2) is 78.9 Å². The average Bonchev–Trinajstić information content (AvgIpc) is 2.84. The van der Waals surface area contributed by atoms with E-state index < -0.39 is 0 Å². The van der Waals surface area contributed by atoms with Gasteiger partial charge in [0.2, 0.25) is 0 Å². The summed E-state index contributed by atoms with van der Waals surface area (Å²) in [7, 11) is 0. The molecule has 31 heavy (non-hydrogen) atoms. The van der Waals surface area contributed by atoms with E-state index in [4.69, 9.17) is 0 Å². The Balaban J connectivity index is 1.53. The predicted octanol–water partition coefficient (Wildman–Crippen LogP) is 9.07. The highest BCUT2D eigenvalue weighted by molar-refractivity contribution is 5.70. The molecule has 0 radical (unpaired) electrons. The van der Waals surface area contributed by atoms with Crippen LogP contribution in [0, 0.1) is 11.8 Å². The van der Waals surface area contributed by atoms with Gasteiger partial charge in [0, 0.05) is 0 Å². The first-order chi connectivity index (χ1) is 15.3. The average molecular weight is 415 g/mol.